The molecule has 3 N–H and O–H groups in total. The average molecular weight is 409 g/mol. The number of urea groups is 1. The SMILES string of the molecule is CNC(=O)c1cccc(Oc2ccc(NC(=O)Nc3nnc(C(C)(C)C)o3)cc2)c1. The predicted octanol–water partition coefficient (Wildman–Crippen LogP) is 4.16. The van der Waals surface area contributed by atoms with Gasteiger partial charge in [0.15, 0.2) is 0 Å². The zero-order chi connectivity index (χ0) is 21.7. The van der Waals surface area contributed by atoms with Crippen molar-refractivity contribution in [3.8, 4) is 11.5 Å². The number of rotatable bonds is 5. The number of hydrogen-bond acceptors (Lipinski definition) is 6. The normalized spacial score (nSPS) is 10.9. The van der Waals surface area contributed by atoms with E-state index in [0.717, 1.165) is 0 Å². The summed E-state index contributed by atoms with van der Waals surface area (Å²) in [6.07, 6.45) is 0. The van der Waals surface area contributed by atoms with Crippen LogP contribution in [0, 0.1) is 0 Å². The average Bonchev–Trinajstić information content (AvgIpc) is 3.18. The molecule has 0 bridgehead atoms. The van der Waals surface area contributed by atoms with Crippen LogP contribution >= 0.6 is 0 Å². The molecule has 0 aliphatic carbocycles. The number of carbonyl (C=O) groups excluding carboxylic acids is 2. The Morgan fingerprint density at radius 1 is 0.967 bits per heavy atom. The van der Waals surface area contributed by atoms with Crippen molar-refractivity contribution in [2.24, 2.45) is 0 Å². The first-order valence-corrected chi connectivity index (χ1v) is 9.26. The van der Waals surface area contributed by atoms with Gasteiger partial charge in [-0.2, -0.15) is 0 Å². The molecule has 0 saturated carbocycles. The molecule has 0 fully saturated rings. The highest BCUT2D eigenvalue weighted by molar-refractivity contribution is 5.98. The standard InChI is InChI=1S/C21H23N5O4/c1-21(2,3)18-25-26-20(30-18)24-19(28)23-14-8-10-15(11-9-14)29-16-7-5-6-13(12-16)17(27)22-4/h5-12H,1-4H3,(H,22,27)(H2,23,24,26,28). The molecule has 30 heavy (non-hydrogen) atoms. The lowest BCUT2D eigenvalue weighted by atomic mass is 9.97. The highest BCUT2D eigenvalue weighted by atomic mass is 16.5. The Bertz CT molecular complexity index is 1040. The first kappa shape index (κ1) is 20.8. The van der Waals surface area contributed by atoms with Gasteiger partial charge in [-0.1, -0.05) is 31.9 Å². The smallest absolute Gasteiger partial charge is 0.327 e. The van der Waals surface area contributed by atoms with E-state index in [4.69, 9.17) is 9.15 Å². The van der Waals surface area contributed by atoms with Gasteiger partial charge in [0.05, 0.1) is 0 Å². The van der Waals surface area contributed by atoms with Crippen LogP contribution in [0.2, 0.25) is 0 Å². The van der Waals surface area contributed by atoms with E-state index in [9.17, 15) is 9.59 Å². The molecular formula is C21H23N5O4. The lowest BCUT2D eigenvalue weighted by molar-refractivity contribution is 0.0962. The van der Waals surface area contributed by atoms with Gasteiger partial charge in [-0.05, 0) is 42.5 Å². The number of benzene rings is 2. The van der Waals surface area contributed by atoms with Crippen LogP contribution in [0.3, 0.4) is 0 Å². The van der Waals surface area contributed by atoms with Gasteiger partial charge in [0, 0.05) is 23.7 Å². The van der Waals surface area contributed by atoms with Crippen molar-refractivity contribution in [3.63, 3.8) is 0 Å². The van der Waals surface area contributed by atoms with E-state index in [1.807, 2.05) is 20.8 Å². The van der Waals surface area contributed by atoms with Crippen molar-refractivity contribution in [1.29, 1.82) is 0 Å². The summed E-state index contributed by atoms with van der Waals surface area (Å²) in [6.45, 7) is 5.80. The molecule has 3 aromatic rings. The molecule has 9 heteroatoms. The summed E-state index contributed by atoms with van der Waals surface area (Å²) < 4.78 is 11.2. The first-order valence-electron chi connectivity index (χ1n) is 9.26. The third kappa shape index (κ3) is 5.34. The summed E-state index contributed by atoms with van der Waals surface area (Å²) in [4.78, 5) is 23.8. The second-order valence-corrected chi connectivity index (χ2v) is 7.47. The highest BCUT2D eigenvalue weighted by Gasteiger charge is 2.22. The van der Waals surface area contributed by atoms with Crippen LogP contribution in [-0.4, -0.2) is 29.2 Å². The van der Waals surface area contributed by atoms with Crippen molar-refractivity contribution >= 4 is 23.6 Å². The third-order valence-electron chi connectivity index (χ3n) is 3.96. The van der Waals surface area contributed by atoms with Gasteiger partial charge in [-0.15, -0.1) is 5.10 Å². The van der Waals surface area contributed by atoms with E-state index in [1.54, 1.807) is 55.6 Å². The van der Waals surface area contributed by atoms with Gasteiger partial charge < -0.3 is 19.8 Å². The van der Waals surface area contributed by atoms with E-state index in [2.05, 4.69) is 26.1 Å². The third-order valence-corrected chi connectivity index (χ3v) is 3.96. The quantitative estimate of drug-likeness (QED) is 0.582. The van der Waals surface area contributed by atoms with Gasteiger partial charge in [0.1, 0.15) is 11.5 Å². The minimum absolute atomic E-state index is 0.0216. The Labute approximate surface area is 173 Å². The van der Waals surface area contributed by atoms with E-state index in [1.165, 1.54) is 0 Å². The van der Waals surface area contributed by atoms with Gasteiger partial charge in [-0.3, -0.25) is 10.1 Å². The molecule has 0 saturated heterocycles. The molecule has 1 heterocycles. The first-order chi connectivity index (χ1) is 14.2. The van der Waals surface area contributed by atoms with Crippen LogP contribution in [0.25, 0.3) is 0 Å². The topological polar surface area (TPSA) is 118 Å². The molecule has 0 atom stereocenters. The molecule has 156 valence electrons. The van der Waals surface area contributed by atoms with Crippen molar-refractivity contribution in [1.82, 2.24) is 15.5 Å². The van der Waals surface area contributed by atoms with E-state index < -0.39 is 6.03 Å². The summed E-state index contributed by atoms with van der Waals surface area (Å²) in [5, 5.41) is 15.5. The van der Waals surface area contributed by atoms with Crippen molar-refractivity contribution in [2.45, 2.75) is 26.2 Å². The van der Waals surface area contributed by atoms with Crippen LogP contribution in [0.15, 0.2) is 52.9 Å². The lowest BCUT2D eigenvalue weighted by Gasteiger charge is -2.11. The second-order valence-electron chi connectivity index (χ2n) is 7.47. The molecule has 0 aliphatic heterocycles. The lowest BCUT2D eigenvalue weighted by Crippen LogP contribution is -2.19. The minimum atomic E-state index is -0.508. The zero-order valence-electron chi connectivity index (χ0n) is 17.1. The van der Waals surface area contributed by atoms with Crippen molar-refractivity contribution in [3.05, 3.63) is 60.0 Å². The fourth-order valence-corrected chi connectivity index (χ4v) is 2.42. The molecule has 0 unspecified atom stereocenters. The number of hydrogen-bond donors (Lipinski definition) is 3. The number of amides is 3. The van der Waals surface area contributed by atoms with Crippen LogP contribution in [0.4, 0.5) is 16.5 Å². The van der Waals surface area contributed by atoms with Gasteiger partial charge in [-0.25, -0.2) is 4.79 Å². The molecule has 0 radical (unpaired) electrons. The number of carbonyl (C=O) groups is 2. The summed E-state index contributed by atoms with van der Waals surface area (Å²) in [5.74, 6) is 1.32. The van der Waals surface area contributed by atoms with Crippen molar-refractivity contribution in [2.75, 3.05) is 17.7 Å². The number of anilines is 2. The predicted molar refractivity (Wildman–Crippen MR) is 112 cm³/mol. The van der Waals surface area contributed by atoms with Crippen molar-refractivity contribution < 1.29 is 18.7 Å². The summed E-state index contributed by atoms with van der Waals surface area (Å²) >= 11 is 0. The maximum atomic E-state index is 12.1. The van der Waals surface area contributed by atoms with Crippen LogP contribution in [0.1, 0.15) is 37.0 Å². The van der Waals surface area contributed by atoms with Crippen LogP contribution in [-0.2, 0) is 5.41 Å². The Kier molecular flexibility index (Phi) is 6.01. The number of ether oxygens (including phenoxy) is 1. The Hall–Kier alpha value is -3.88. The monoisotopic (exact) mass is 409 g/mol. The molecule has 1 aromatic heterocycles. The number of nitrogens with zero attached hydrogens (tertiary/aromatic N) is 2. The summed E-state index contributed by atoms with van der Waals surface area (Å²) in [5.41, 5.74) is 0.745. The van der Waals surface area contributed by atoms with Gasteiger partial charge in [0.25, 0.3) is 5.91 Å². The molecule has 3 rings (SSSR count). The largest absolute Gasteiger partial charge is 0.457 e. The molecule has 9 nitrogen and oxygen atoms in total. The zero-order valence-corrected chi connectivity index (χ0v) is 17.1. The number of aromatic nitrogens is 2. The van der Waals surface area contributed by atoms with E-state index in [0.29, 0.717) is 28.6 Å². The molecule has 0 spiro atoms. The fourth-order valence-electron chi connectivity index (χ4n) is 2.42. The van der Waals surface area contributed by atoms with Gasteiger partial charge >= 0.3 is 12.0 Å². The summed E-state index contributed by atoms with van der Waals surface area (Å²) in [6, 6.07) is 13.1. The van der Waals surface area contributed by atoms with Crippen LogP contribution < -0.4 is 20.7 Å². The van der Waals surface area contributed by atoms with E-state index >= 15 is 0 Å². The maximum absolute atomic E-state index is 12.1. The Balaban J connectivity index is 1.58. The molecular weight excluding hydrogens is 386 g/mol. The van der Waals surface area contributed by atoms with Gasteiger partial charge in [0.2, 0.25) is 5.89 Å². The Morgan fingerprint density at radius 2 is 1.70 bits per heavy atom. The second kappa shape index (κ2) is 8.64. The molecule has 3 amide bonds. The highest BCUT2D eigenvalue weighted by Crippen LogP contribution is 2.24. The molecule has 0 aliphatic rings. The summed E-state index contributed by atoms with van der Waals surface area (Å²) in [7, 11) is 1.57. The molecule has 2 aromatic carbocycles. The van der Waals surface area contributed by atoms with Crippen LogP contribution in [0.5, 0.6) is 11.5 Å². The number of nitrogens with one attached hydrogen (secondary N) is 3. The fraction of sp³-hybridized carbons (Fsp3) is 0.238. The Morgan fingerprint density at radius 3 is 2.33 bits per heavy atom. The maximum Gasteiger partial charge on any atom is 0.327 e. The minimum Gasteiger partial charge on any atom is -0.457 e. The van der Waals surface area contributed by atoms with E-state index in [-0.39, 0.29) is 17.3 Å².